The topological polar surface area (TPSA) is 105 Å². The lowest BCUT2D eigenvalue weighted by molar-refractivity contribution is 0.103. The van der Waals surface area contributed by atoms with E-state index in [2.05, 4.69) is 19.7 Å². The van der Waals surface area contributed by atoms with Gasteiger partial charge in [-0.25, -0.2) is 18.3 Å². The standard InChI is InChI=1S/C23H18ClFN4O3S/c24-22-15(2-1-9-28-33(31)32)3-5-17(25)21(22)23(30)16-4-6-18-19(12-16)29-20(13-27-18)14-7-10-26-11-8-14/h3-8,10-13,28H,1-2,9H2,(H,31,32). The van der Waals surface area contributed by atoms with Crippen molar-refractivity contribution < 1.29 is 17.9 Å². The zero-order chi connectivity index (χ0) is 23.4. The van der Waals surface area contributed by atoms with Crippen LogP contribution in [0.25, 0.3) is 22.3 Å². The normalized spacial score (nSPS) is 12.1. The van der Waals surface area contributed by atoms with Gasteiger partial charge in [-0.2, -0.15) is 0 Å². The van der Waals surface area contributed by atoms with E-state index in [9.17, 15) is 13.4 Å². The van der Waals surface area contributed by atoms with E-state index in [0.29, 0.717) is 35.1 Å². The number of rotatable bonds is 8. The predicted molar refractivity (Wildman–Crippen MR) is 125 cm³/mol. The van der Waals surface area contributed by atoms with Crippen molar-refractivity contribution in [1.29, 1.82) is 0 Å². The van der Waals surface area contributed by atoms with Gasteiger partial charge in [0.05, 0.1) is 33.5 Å². The molecule has 168 valence electrons. The lowest BCUT2D eigenvalue weighted by atomic mass is 9.98. The average Bonchev–Trinajstić information content (AvgIpc) is 2.82. The number of benzene rings is 2. The van der Waals surface area contributed by atoms with E-state index in [0.717, 1.165) is 5.56 Å². The van der Waals surface area contributed by atoms with Gasteiger partial charge in [0.15, 0.2) is 5.78 Å². The van der Waals surface area contributed by atoms with Crippen LogP contribution in [0.4, 0.5) is 4.39 Å². The first-order valence-corrected chi connectivity index (χ1v) is 11.5. The molecule has 0 saturated heterocycles. The molecule has 33 heavy (non-hydrogen) atoms. The Balaban J connectivity index is 1.65. The van der Waals surface area contributed by atoms with Crippen molar-refractivity contribution in [3.8, 4) is 11.3 Å². The van der Waals surface area contributed by atoms with Crippen LogP contribution in [-0.2, 0) is 17.7 Å². The maximum absolute atomic E-state index is 14.6. The summed E-state index contributed by atoms with van der Waals surface area (Å²) in [6.45, 7) is 0.267. The van der Waals surface area contributed by atoms with Gasteiger partial charge in [-0.1, -0.05) is 17.7 Å². The Morgan fingerprint density at radius 2 is 1.91 bits per heavy atom. The molecule has 0 aliphatic carbocycles. The molecule has 10 heteroatoms. The fourth-order valence-electron chi connectivity index (χ4n) is 3.39. The largest absolute Gasteiger partial charge is 0.294 e. The fraction of sp³-hybridized carbons (Fsp3) is 0.130. The number of ketones is 1. The number of hydrogen-bond donors (Lipinski definition) is 2. The molecule has 7 nitrogen and oxygen atoms in total. The number of carbonyl (C=O) groups is 1. The van der Waals surface area contributed by atoms with Crippen molar-refractivity contribution in [1.82, 2.24) is 19.7 Å². The minimum Gasteiger partial charge on any atom is -0.294 e. The average molecular weight is 485 g/mol. The Morgan fingerprint density at radius 3 is 2.67 bits per heavy atom. The molecule has 0 fully saturated rings. The van der Waals surface area contributed by atoms with Gasteiger partial charge in [0.1, 0.15) is 5.82 Å². The smallest absolute Gasteiger partial charge is 0.231 e. The first kappa shape index (κ1) is 23.1. The van der Waals surface area contributed by atoms with Crippen molar-refractivity contribution in [3.05, 3.63) is 88.6 Å². The molecule has 0 aliphatic heterocycles. The third-order valence-electron chi connectivity index (χ3n) is 5.03. The minimum atomic E-state index is -2.11. The highest BCUT2D eigenvalue weighted by molar-refractivity contribution is 7.77. The van der Waals surface area contributed by atoms with Gasteiger partial charge in [-0.05, 0) is 54.8 Å². The van der Waals surface area contributed by atoms with Crippen LogP contribution in [-0.4, -0.2) is 36.0 Å². The highest BCUT2D eigenvalue weighted by atomic mass is 35.5. The number of fused-ring (bicyclic) bond motifs is 1. The number of aryl methyl sites for hydroxylation is 1. The molecule has 0 spiro atoms. The Kier molecular flexibility index (Phi) is 7.14. The lowest BCUT2D eigenvalue weighted by Gasteiger charge is -2.11. The second kappa shape index (κ2) is 10.2. The zero-order valence-corrected chi connectivity index (χ0v) is 18.7. The van der Waals surface area contributed by atoms with Gasteiger partial charge in [0.2, 0.25) is 11.3 Å². The van der Waals surface area contributed by atoms with Crippen LogP contribution in [0.15, 0.2) is 61.1 Å². The number of nitrogens with one attached hydrogen (secondary N) is 1. The first-order valence-electron chi connectivity index (χ1n) is 9.97. The van der Waals surface area contributed by atoms with Crippen molar-refractivity contribution in [2.75, 3.05) is 6.54 Å². The third kappa shape index (κ3) is 5.28. The van der Waals surface area contributed by atoms with Crippen LogP contribution in [0.2, 0.25) is 5.02 Å². The van der Waals surface area contributed by atoms with Gasteiger partial charge in [0.25, 0.3) is 0 Å². The summed E-state index contributed by atoms with van der Waals surface area (Å²) < 4.78 is 36.5. The molecule has 2 aromatic carbocycles. The highest BCUT2D eigenvalue weighted by Gasteiger charge is 2.21. The van der Waals surface area contributed by atoms with Crippen molar-refractivity contribution in [2.24, 2.45) is 0 Å². The third-order valence-corrected chi connectivity index (χ3v) is 5.91. The second-order valence-corrected chi connectivity index (χ2v) is 8.33. The quantitative estimate of drug-likeness (QED) is 0.218. The Morgan fingerprint density at radius 1 is 1.12 bits per heavy atom. The summed E-state index contributed by atoms with van der Waals surface area (Å²) in [6, 6.07) is 11.1. The summed E-state index contributed by atoms with van der Waals surface area (Å²) in [5, 5.41) is 0.0295. The van der Waals surface area contributed by atoms with Crippen molar-refractivity contribution >= 4 is 39.7 Å². The van der Waals surface area contributed by atoms with E-state index in [-0.39, 0.29) is 22.7 Å². The van der Waals surface area contributed by atoms with Gasteiger partial charge < -0.3 is 0 Å². The fourth-order valence-corrected chi connectivity index (χ4v) is 4.05. The monoisotopic (exact) mass is 484 g/mol. The van der Waals surface area contributed by atoms with Gasteiger partial charge in [0, 0.05) is 30.1 Å². The van der Waals surface area contributed by atoms with Gasteiger partial charge in [-0.15, -0.1) is 0 Å². The van der Waals surface area contributed by atoms with E-state index in [4.69, 9.17) is 16.2 Å². The summed E-state index contributed by atoms with van der Waals surface area (Å²) >= 11 is 4.29. The number of aromatic nitrogens is 3. The molecule has 2 N–H and O–H groups in total. The predicted octanol–water partition coefficient (Wildman–Crippen LogP) is 4.37. The molecule has 4 rings (SSSR count). The molecule has 1 atom stereocenters. The molecule has 2 heterocycles. The van der Waals surface area contributed by atoms with Crippen LogP contribution < -0.4 is 4.72 Å². The summed E-state index contributed by atoms with van der Waals surface area (Å²) in [7, 11) is 0. The molecule has 1 unspecified atom stereocenters. The molecule has 4 aromatic rings. The van der Waals surface area contributed by atoms with E-state index in [1.165, 1.54) is 12.1 Å². The lowest BCUT2D eigenvalue weighted by Crippen LogP contribution is -2.18. The number of nitrogens with zero attached hydrogens (tertiary/aromatic N) is 3. The van der Waals surface area contributed by atoms with Crippen LogP contribution >= 0.6 is 11.6 Å². The summed E-state index contributed by atoms with van der Waals surface area (Å²) in [4.78, 5) is 26.2. The number of hydrogen-bond acceptors (Lipinski definition) is 5. The van der Waals surface area contributed by atoms with Crippen LogP contribution in [0.5, 0.6) is 0 Å². The molecule has 0 aliphatic rings. The molecule has 2 aromatic heterocycles. The maximum Gasteiger partial charge on any atom is 0.231 e. The number of halogens is 2. The summed E-state index contributed by atoms with van der Waals surface area (Å²) in [5.41, 5.74) is 3.14. The van der Waals surface area contributed by atoms with E-state index < -0.39 is 22.9 Å². The molecular formula is C23H18ClFN4O3S. The Labute approximate surface area is 196 Å². The molecule has 0 bridgehead atoms. The first-order chi connectivity index (χ1) is 15.9. The highest BCUT2D eigenvalue weighted by Crippen LogP contribution is 2.28. The minimum absolute atomic E-state index is 0.0295. The molecule has 0 radical (unpaired) electrons. The zero-order valence-electron chi connectivity index (χ0n) is 17.2. The molecular weight excluding hydrogens is 467 g/mol. The Bertz CT molecular complexity index is 1350. The second-order valence-electron chi connectivity index (χ2n) is 7.17. The summed E-state index contributed by atoms with van der Waals surface area (Å²) in [6.07, 6.45) is 5.83. The van der Waals surface area contributed by atoms with Gasteiger partial charge >= 0.3 is 0 Å². The van der Waals surface area contributed by atoms with E-state index in [1.807, 2.05) is 0 Å². The summed E-state index contributed by atoms with van der Waals surface area (Å²) in [5.74, 6) is -1.29. The molecule has 0 amide bonds. The molecule has 0 saturated carbocycles. The van der Waals surface area contributed by atoms with E-state index >= 15 is 0 Å². The van der Waals surface area contributed by atoms with Crippen LogP contribution in [0, 0.1) is 5.82 Å². The van der Waals surface area contributed by atoms with Crippen LogP contribution in [0.3, 0.4) is 0 Å². The maximum atomic E-state index is 14.6. The van der Waals surface area contributed by atoms with Crippen molar-refractivity contribution in [2.45, 2.75) is 12.8 Å². The Hall–Kier alpha value is -3.11. The van der Waals surface area contributed by atoms with Gasteiger partial charge in [-0.3, -0.25) is 19.3 Å². The van der Waals surface area contributed by atoms with Crippen LogP contribution in [0.1, 0.15) is 27.9 Å². The number of carbonyl (C=O) groups excluding carboxylic acids is 1. The number of pyridine rings is 1. The van der Waals surface area contributed by atoms with E-state index in [1.54, 1.807) is 48.9 Å². The SMILES string of the molecule is O=C(c1ccc2ncc(-c3ccncc3)nc2c1)c1c(F)ccc(CCCNS(=O)O)c1Cl. The van der Waals surface area contributed by atoms with Crippen molar-refractivity contribution in [3.63, 3.8) is 0 Å².